The summed E-state index contributed by atoms with van der Waals surface area (Å²) in [6.45, 7) is 0. The van der Waals surface area contributed by atoms with Crippen molar-refractivity contribution in [2.24, 2.45) is 24.3 Å². The predicted octanol–water partition coefficient (Wildman–Crippen LogP) is 4.70. The van der Waals surface area contributed by atoms with Gasteiger partial charge in [0.25, 0.3) is 23.1 Å². The number of carbonyl (C=O) groups is 2. The van der Waals surface area contributed by atoms with Gasteiger partial charge in [0.15, 0.2) is 11.4 Å². The van der Waals surface area contributed by atoms with Gasteiger partial charge in [-0.2, -0.15) is 10.2 Å². The van der Waals surface area contributed by atoms with E-state index in [4.69, 9.17) is 0 Å². The minimum absolute atomic E-state index is 0.375. The first-order chi connectivity index (χ1) is 23.4. The number of carbonyl (C=O) groups excluding carboxylic acids is 2. The van der Waals surface area contributed by atoms with Gasteiger partial charge in [-0.15, -0.1) is 0 Å². The fourth-order valence-electron chi connectivity index (χ4n) is 5.61. The SMILES string of the molecule is C[n+]1c(-c2ccc(/C=N/NC(=O)c3ccc(C(=O)N/N=C/c4ccc(-c5cn6ccccc6[n+]5C)cc4)cc3)cc2)cn2ccccc21. The summed E-state index contributed by atoms with van der Waals surface area (Å²) < 4.78 is 8.44. The highest BCUT2D eigenvalue weighted by Gasteiger charge is 2.16. The number of hydrogen-bond acceptors (Lipinski definition) is 4. The molecule has 0 spiro atoms. The molecule has 0 saturated heterocycles. The van der Waals surface area contributed by atoms with E-state index in [-0.39, 0.29) is 11.8 Å². The predicted molar refractivity (Wildman–Crippen MR) is 185 cm³/mol. The number of amides is 2. The topological polar surface area (TPSA) is 99.5 Å². The van der Waals surface area contributed by atoms with E-state index in [0.717, 1.165) is 44.9 Å². The van der Waals surface area contributed by atoms with E-state index in [9.17, 15) is 9.59 Å². The van der Waals surface area contributed by atoms with Gasteiger partial charge in [0.05, 0.1) is 38.9 Å². The molecule has 0 radical (unpaired) electrons. The maximum Gasteiger partial charge on any atom is 0.286 e. The molecule has 2 amide bonds. The second kappa shape index (κ2) is 13.0. The summed E-state index contributed by atoms with van der Waals surface area (Å²) in [6, 6.07) is 34.3. The summed E-state index contributed by atoms with van der Waals surface area (Å²) >= 11 is 0. The fourth-order valence-corrected chi connectivity index (χ4v) is 5.61. The molecule has 0 fully saturated rings. The number of hydrogen-bond donors (Lipinski definition) is 2. The van der Waals surface area contributed by atoms with Crippen LogP contribution >= 0.6 is 0 Å². The number of hydrazone groups is 2. The van der Waals surface area contributed by atoms with Crippen molar-refractivity contribution in [3.05, 3.63) is 156 Å². The van der Waals surface area contributed by atoms with Gasteiger partial charge in [-0.3, -0.25) is 9.59 Å². The Morgan fingerprint density at radius 3 is 1.33 bits per heavy atom. The fraction of sp³-hybridized carbons (Fsp3) is 0.0526. The van der Waals surface area contributed by atoms with Crippen molar-refractivity contribution < 1.29 is 18.7 Å². The van der Waals surface area contributed by atoms with Gasteiger partial charge < -0.3 is 0 Å². The van der Waals surface area contributed by atoms with Crippen molar-refractivity contribution in [2.75, 3.05) is 0 Å². The van der Waals surface area contributed by atoms with Gasteiger partial charge in [0.2, 0.25) is 0 Å². The monoisotopic (exact) mass is 632 g/mol. The molecular formula is C38H32N8O2+2. The Bertz CT molecular complexity index is 2170. The second-order valence-electron chi connectivity index (χ2n) is 11.3. The molecular weight excluding hydrogens is 600 g/mol. The van der Waals surface area contributed by atoms with Crippen molar-refractivity contribution in [3.8, 4) is 22.5 Å². The molecule has 0 saturated carbocycles. The van der Waals surface area contributed by atoms with E-state index in [1.54, 1.807) is 36.7 Å². The Hall–Kier alpha value is -6.68. The molecule has 3 aromatic carbocycles. The average Bonchev–Trinajstić information content (AvgIpc) is 3.65. The van der Waals surface area contributed by atoms with Crippen molar-refractivity contribution in [3.63, 3.8) is 0 Å². The number of nitrogens with one attached hydrogen (secondary N) is 2. The number of benzene rings is 3. The van der Waals surface area contributed by atoms with Gasteiger partial charge in [-0.1, -0.05) is 36.4 Å². The number of fused-ring (bicyclic) bond motifs is 2. The molecule has 4 aromatic heterocycles. The molecule has 2 N–H and O–H groups in total. The number of aryl methyl sites for hydroxylation is 2. The summed E-state index contributed by atoms with van der Waals surface area (Å²) in [4.78, 5) is 25.3. The zero-order valence-electron chi connectivity index (χ0n) is 26.4. The molecule has 48 heavy (non-hydrogen) atoms. The highest BCUT2D eigenvalue weighted by molar-refractivity contribution is 5.98. The lowest BCUT2D eigenvalue weighted by Crippen LogP contribution is -2.29. The van der Waals surface area contributed by atoms with E-state index in [0.29, 0.717) is 11.1 Å². The van der Waals surface area contributed by atoms with Crippen LogP contribution in [0.3, 0.4) is 0 Å². The molecule has 234 valence electrons. The molecule has 0 unspecified atom stereocenters. The standard InChI is InChI=1S/C38H30N8O2/c1-43-33(25-45-21-5-3-7-35(43)45)29-13-9-27(10-14-29)23-39-41-37(47)31-17-19-32(20-18-31)38(48)42-40-24-28-11-15-30(16-12-28)34-26-46-22-6-4-8-36(46)44(34)2/h3-26H,1-2H3/p+2/b39-23+,40-24+. The summed E-state index contributed by atoms with van der Waals surface area (Å²) in [7, 11) is 4.08. The summed E-state index contributed by atoms with van der Waals surface area (Å²) in [6.07, 6.45) is 11.4. The Morgan fingerprint density at radius 1 is 0.562 bits per heavy atom. The van der Waals surface area contributed by atoms with E-state index in [2.05, 4.69) is 63.5 Å². The highest BCUT2D eigenvalue weighted by atomic mass is 16.2. The quantitative estimate of drug-likeness (QED) is 0.144. The van der Waals surface area contributed by atoms with Crippen LogP contribution in [0.1, 0.15) is 31.8 Å². The van der Waals surface area contributed by atoms with Gasteiger partial charge in [0.1, 0.15) is 12.4 Å². The molecule has 10 heteroatoms. The highest BCUT2D eigenvalue weighted by Crippen LogP contribution is 2.19. The molecule has 7 rings (SSSR count). The van der Waals surface area contributed by atoms with E-state index in [1.807, 2.05) is 99.3 Å². The maximum atomic E-state index is 12.6. The number of pyridine rings is 2. The third kappa shape index (κ3) is 6.10. The van der Waals surface area contributed by atoms with E-state index < -0.39 is 0 Å². The summed E-state index contributed by atoms with van der Waals surface area (Å²) in [5.74, 6) is -0.767. The van der Waals surface area contributed by atoms with Gasteiger partial charge >= 0.3 is 0 Å². The Morgan fingerprint density at radius 2 is 0.958 bits per heavy atom. The second-order valence-corrected chi connectivity index (χ2v) is 11.3. The van der Waals surface area contributed by atoms with Crippen molar-refractivity contribution in [1.29, 1.82) is 0 Å². The van der Waals surface area contributed by atoms with Crippen molar-refractivity contribution in [1.82, 2.24) is 19.7 Å². The van der Waals surface area contributed by atoms with Crippen LogP contribution in [0.25, 0.3) is 33.8 Å². The third-order valence-electron chi connectivity index (χ3n) is 8.25. The van der Waals surface area contributed by atoms with Crippen LogP contribution < -0.4 is 20.0 Å². The molecule has 0 aliphatic heterocycles. The third-order valence-corrected chi connectivity index (χ3v) is 8.25. The van der Waals surface area contributed by atoms with Gasteiger partial charge in [-0.25, -0.2) is 28.8 Å². The van der Waals surface area contributed by atoms with Crippen molar-refractivity contribution in [2.45, 2.75) is 0 Å². The van der Waals surface area contributed by atoms with E-state index >= 15 is 0 Å². The summed E-state index contributed by atoms with van der Waals surface area (Å²) in [5, 5.41) is 8.20. The van der Waals surface area contributed by atoms with Crippen LogP contribution in [0, 0.1) is 0 Å². The zero-order valence-corrected chi connectivity index (χ0v) is 26.4. The zero-order chi connectivity index (χ0) is 33.0. The first kappa shape index (κ1) is 30.0. The number of imidazole rings is 2. The molecule has 7 aromatic rings. The Kier molecular flexibility index (Phi) is 8.11. The van der Waals surface area contributed by atoms with Crippen LogP contribution in [-0.2, 0) is 14.1 Å². The number of nitrogens with zero attached hydrogens (tertiary/aromatic N) is 6. The van der Waals surface area contributed by atoms with Crippen LogP contribution in [0.4, 0.5) is 0 Å². The lowest BCUT2D eigenvalue weighted by Gasteiger charge is -2.03. The summed E-state index contributed by atoms with van der Waals surface area (Å²) in [5.41, 5.74) is 14.0. The minimum atomic E-state index is -0.383. The molecule has 0 atom stereocenters. The van der Waals surface area contributed by atoms with Gasteiger partial charge in [0, 0.05) is 34.4 Å². The molecule has 4 heterocycles. The Balaban J connectivity index is 0.911. The molecule has 0 bridgehead atoms. The average molecular weight is 633 g/mol. The number of rotatable bonds is 8. The number of aromatic nitrogens is 4. The molecule has 10 nitrogen and oxygen atoms in total. The first-order valence-corrected chi connectivity index (χ1v) is 15.3. The maximum absolute atomic E-state index is 12.6. The normalized spacial score (nSPS) is 11.5. The van der Waals surface area contributed by atoms with Crippen molar-refractivity contribution >= 4 is 35.5 Å². The van der Waals surface area contributed by atoms with Crippen LogP contribution in [-0.4, -0.2) is 33.0 Å². The van der Waals surface area contributed by atoms with E-state index in [1.165, 1.54) is 0 Å². The first-order valence-electron chi connectivity index (χ1n) is 15.3. The lowest BCUT2D eigenvalue weighted by atomic mass is 10.1. The van der Waals surface area contributed by atoms with Crippen LogP contribution in [0.15, 0.2) is 144 Å². The van der Waals surface area contributed by atoms with Gasteiger partial charge in [-0.05, 0) is 71.8 Å². The minimum Gasteiger partial charge on any atom is -0.267 e. The smallest absolute Gasteiger partial charge is 0.267 e. The lowest BCUT2D eigenvalue weighted by molar-refractivity contribution is -0.633. The van der Waals surface area contributed by atoms with Crippen LogP contribution in [0.2, 0.25) is 0 Å². The molecule has 0 aliphatic carbocycles. The Labute approximate surface area is 276 Å². The van der Waals surface area contributed by atoms with Crippen LogP contribution in [0.5, 0.6) is 0 Å². The molecule has 0 aliphatic rings. The largest absolute Gasteiger partial charge is 0.286 e.